The van der Waals surface area contributed by atoms with Crippen LogP contribution in [0.3, 0.4) is 0 Å². The van der Waals surface area contributed by atoms with Gasteiger partial charge in [-0.2, -0.15) is 5.10 Å². The van der Waals surface area contributed by atoms with Crippen LogP contribution in [0, 0.1) is 18.6 Å². The maximum Gasteiger partial charge on any atom is 0.264 e. The second-order valence-corrected chi connectivity index (χ2v) is 5.73. The highest BCUT2D eigenvalue weighted by Crippen LogP contribution is 2.27. The number of nitrogens with zero attached hydrogens (tertiary/aromatic N) is 1. The van der Waals surface area contributed by atoms with Gasteiger partial charge in [-0.1, -0.05) is 12.1 Å². The first-order chi connectivity index (χ1) is 12.9. The number of amides is 1. The number of benzene rings is 2. The third kappa shape index (κ3) is 3.69. The standard InChI is InChI=1S/C19H15F2N3O3/c1-10-3-4-11(13-6-8-16(25)24-23-13)9-14(10)22-19(26)17-15(27-2)7-5-12(20)18(17)21/h3-9H,1-2H3,(H,22,26)(H,24,25). The van der Waals surface area contributed by atoms with Crippen LogP contribution in [-0.2, 0) is 0 Å². The summed E-state index contributed by atoms with van der Waals surface area (Å²) in [5.41, 5.74) is 1.33. The molecule has 1 amide bonds. The molecule has 0 spiro atoms. The van der Waals surface area contributed by atoms with Crippen molar-refractivity contribution in [1.82, 2.24) is 10.2 Å². The molecule has 0 saturated carbocycles. The summed E-state index contributed by atoms with van der Waals surface area (Å²) in [6.45, 7) is 1.75. The van der Waals surface area contributed by atoms with Crippen molar-refractivity contribution in [2.24, 2.45) is 0 Å². The van der Waals surface area contributed by atoms with Gasteiger partial charge in [-0.25, -0.2) is 13.9 Å². The third-order valence-electron chi connectivity index (χ3n) is 3.96. The molecule has 0 saturated heterocycles. The minimum absolute atomic E-state index is 0.0810. The molecule has 138 valence electrons. The zero-order valence-corrected chi connectivity index (χ0v) is 14.5. The molecular weight excluding hydrogens is 356 g/mol. The molecule has 0 aliphatic heterocycles. The summed E-state index contributed by atoms with van der Waals surface area (Å²) in [6, 6.07) is 10.0. The van der Waals surface area contributed by atoms with E-state index < -0.39 is 23.1 Å². The Kier molecular flexibility index (Phi) is 4.98. The number of halogens is 2. The Morgan fingerprint density at radius 2 is 1.93 bits per heavy atom. The van der Waals surface area contributed by atoms with Gasteiger partial charge in [0.2, 0.25) is 0 Å². The zero-order chi connectivity index (χ0) is 19.6. The van der Waals surface area contributed by atoms with Crippen molar-refractivity contribution in [2.45, 2.75) is 6.92 Å². The van der Waals surface area contributed by atoms with Crippen LogP contribution in [0.4, 0.5) is 14.5 Å². The van der Waals surface area contributed by atoms with E-state index in [-0.39, 0.29) is 11.3 Å². The maximum absolute atomic E-state index is 14.1. The second-order valence-electron chi connectivity index (χ2n) is 5.73. The monoisotopic (exact) mass is 371 g/mol. The van der Waals surface area contributed by atoms with Gasteiger partial charge < -0.3 is 10.1 Å². The molecule has 0 fully saturated rings. The predicted molar refractivity (Wildman–Crippen MR) is 95.9 cm³/mol. The lowest BCUT2D eigenvalue weighted by atomic mass is 10.1. The van der Waals surface area contributed by atoms with Gasteiger partial charge in [0.05, 0.1) is 12.8 Å². The summed E-state index contributed by atoms with van der Waals surface area (Å²) in [6.07, 6.45) is 0. The van der Waals surface area contributed by atoms with Crippen LogP contribution < -0.4 is 15.6 Å². The van der Waals surface area contributed by atoms with E-state index in [4.69, 9.17) is 4.74 Å². The normalized spacial score (nSPS) is 10.5. The minimum atomic E-state index is -1.29. The number of carbonyl (C=O) groups is 1. The van der Waals surface area contributed by atoms with Gasteiger partial charge in [0.25, 0.3) is 11.5 Å². The van der Waals surface area contributed by atoms with Crippen LogP contribution in [0.15, 0.2) is 47.3 Å². The number of rotatable bonds is 4. The van der Waals surface area contributed by atoms with Crippen LogP contribution in [0.5, 0.6) is 5.75 Å². The molecule has 0 aliphatic rings. The highest BCUT2D eigenvalue weighted by molar-refractivity contribution is 6.07. The van der Waals surface area contributed by atoms with E-state index in [9.17, 15) is 18.4 Å². The number of aromatic nitrogens is 2. The number of ether oxygens (including phenoxy) is 1. The molecule has 8 heteroatoms. The number of nitrogens with one attached hydrogen (secondary N) is 2. The van der Waals surface area contributed by atoms with Crippen LogP contribution >= 0.6 is 0 Å². The van der Waals surface area contributed by atoms with E-state index in [1.807, 2.05) is 0 Å². The Labute approximate surface area is 152 Å². The Morgan fingerprint density at radius 1 is 1.15 bits per heavy atom. The fourth-order valence-electron chi connectivity index (χ4n) is 2.52. The molecule has 2 aromatic carbocycles. The fraction of sp³-hybridized carbons (Fsp3) is 0.105. The van der Waals surface area contributed by atoms with Crippen LogP contribution in [0.2, 0.25) is 0 Å². The number of hydrogen-bond acceptors (Lipinski definition) is 4. The lowest BCUT2D eigenvalue weighted by Gasteiger charge is -2.13. The van der Waals surface area contributed by atoms with Crippen molar-refractivity contribution in [3.63, 3.8) is 0 Å². The molecule has 0 aliphatic carbocycles. The first-order valence-electron chi connectivity index (χ1n) is 7.91. The summed E-state index contributed by atoms with van der Waals surface area (Å²) in [7, 11) is 1.26. The minimum Gasteiger partial charge on any atom is -0.496 e. The largest absolute Gasteiger partial charge is 0.496 e. The average molecular weight is 371 g/mol. The fourth-order valence-corrected chi connectivity index (χ4v) is 2.52. The van der Waals surface area contributed by atoms with E-state index in [2.05, 4.69) is 15.5 Å². The second kappa shape index (κ2) is 7.36. The third-order valence-corrected chi connectivity index (χ3v) is 3.96. The molecule has 0 atom stereocenters. The zero-order valence-electron chi connectivity index (χ0n) is 14.5. The quantitative estimate of drug-likeness (QED) is 0.737. The van der Waals surface area contributed by atoms with E-state index in [0.717, 1.165) is 6.07 Å². The number of anilines is 1. The van der Waals surface area contributed by atoms with Crippen molar-refractivity contribution in [3.8, 4) is 17.0 Å². The van der Waals surface area contributed by atoms with Crippen LogP contribution in [0.1, 0.15) is 15.9 Å². The van der Waals surface area contributed by atoms with E-state index >= 15 is 0 Å². The van der Waals surface area contributed by atoms with Gasteiger partial charge in [0.15, 0.2) is 11.6 Å². The Bertz CT molecular complexity index is 1060. The number of aromatic amines is 1. The number of hydrogen-bond donors (Lipinski definition) is 2. The first kappa shape index (κ1) is 18.2. The molecule has 0 bridgehead atoms. The molecule has 1 aromatic heterocycles. The van der Waals surface area contributed by atoms with E-state index in [1.165, 1.54) is 25.3 Å². The van der Waals surface area contributed by atoms with Gasteiger partial charge in [-0.05, 0) is 36.8 Å². The van der Waals surface area contributed by atoms with E-state index in [0.29, 0.717) is 22.5 Å². The van der Waals surface area contributed by atoms with Gasteiger partial charge in [-0.3, -0.25) is 9.59 Å². The molecule has 27 heavy (non-hydrogen) atoms. The van der Waals surface area contributed by atoms with Crippen molar-refractivity contribution >= 4 is 11.6 Å². The van der Waals surface area contributed by atoms with Crippen LogP contribution in [0.25, 0.3) is 11.3 Å². The molecule has 3 aromatic rings. The molecule has 2 N–H and O–H groups in total. The van der Waals surface area contributed by atoms with Gasteiger partial charge in [0.1, 0.15) is 11.3 Å². The number of aryl methyl sites for hydroxylation is 1. The summed E-state index contributed by atoms with van der Waals surface area (Å²) in [4.78, 5) is 23.7. The average Bonchev–Trinajstić information content (AvgIpc) is 2.66. The van der Waals surface area contributed by atoms with Crippen molar-refractivity contribution in [2.75, 3.05) is 12.4 Å². The highest BCUT2D eigenvalue weighted by atomic mass is 19.2. The summed E-state index contributed by atoms with van der Waals surface area (Å²) >= 11 is 0. The maximum atomic E-state index is 14.1. The van der Waals surface area contributed by atoms with Crippen molar-refractivity contribution in [1.29, 1.82) is 0 Å². The number of methoxy groups -OCH3 is 1. The lowest BCUT2D eigenvalue weighted by Crippen LogP contribution is -2.17. The highest BCUT2D eigenvalue weighted by Gasteiger charge is 2.22. The van der Waals surface area contributed by atoms with Gasteiger partial charge in [-0.15, -0.1) is 0 Å². The van der Waals surface area contributed by atoms with Crippen molar-refractivity contribution in [3.05, 3.63) is 75.6 Å². The summed E-state index contributed by atoms with van der Waals surface area (Å²) in [5, 5.41) is 8.82. The molecular formula is C19H15F2N3O3. The first-order valence-corrected chi connectivity index (χ1v) is 7.91. The molecule has 3 rings (SSSR count). The molecule has 0 unspecified atom stereocenters. The SMILES string of the molecule is COc1ccc(F)c(F)c1C(=O)Nc1cc(-c2ccc(=O)[nH]n2)ccc1C. The molecule has 6 nitrogen and oxygen atoms in total. The Balaban J connectivity index is 1.97. The smallest absolute Gasteiger partial charge is 0.264 e. The predicted octanol–water partition coefficient (Wildman–Crippen LogP) is 3.28. The Morgan fingerprint density at radius 3 is 2.59 bits per heavy atom. The molecule has 1 heterocycles. The number of carbonyl (C=O) groups excluding carboxylic acids is 1. The van der Waals surface area contributed by atoms with Gasteiger partial charge >= 0.3 is 0 Å². The molecule has 0 radical (unpaired) electrons. The summed E-state index contributed by atoms with van der Waals surface area (Å²) in [5.74, 6) is -3.37. The van der Waals surface area contributed by atoms with Gasteiger partial charge in [0, 0.05) is 17.3 Å². The Hall–Kier alpha value is -3.55. The lowest BCUT2D eigenvalue weighted by molar-refractivity contribution is 0.101. The summed E-state index contributed by atoms with van der Waals surface area (Å²) < 4.78 is 32.6. The number of H-pyrrole nitrogens is 1. The topological polar surface area (TPSA) is 84.1 Å². The van der Waals surface area contributed by atoms with Crippen molar-refractivity contribution < 1.29 is 18.3 Å². The van der Waals surface area contributed by atoms with Crippen LogP contribution in [-0.4, -0.2) is 23.2 Å². The van der Waals surface area contributed by atoms with E-state index in [1.54, 1.807) is 25.1 Å².